The number of benzene rings is 1. The number of carbonyl (C=O) groups is 1. The van der Waals surface area contributed by atoms with Crippen molar-refractivity contribution < 1.29 is 14.6 Å². The Hall–Kier alpha value is -1.50. The van der Waals surface area contributed by atoms with Gasteiger partial charge in [-0.1, -0.05) is 36.4 Å². The zero-order valence-corrected chi connectivity index (χ0v) is 13.6. The number of amides is 1. The monoisotopic (exact) mass is 335 g/mol. The molecule has 22 heavy (non-hydrogen) atoms. The number of hydrogen-bond acceptors (Lipinski definition) is 5. The fourth-order valence-corrected chi connectivity index (χ4v) is 4.42. The fraction of sp³-hybridized carbons (Fsp3) is 0.312. The molecule has 2 atom stereocenters. The highest BCUT2D eigenvalue weighted by Gasteiger charge is 2.36. The van der Waals surface area contributed by atoms with Crippen LogP contribution in [0.5, 0.6) is 0 Å². The predicted molar refractivity (Wildman–Crippen MR) is 88.9 cm³/mol. The number of rotatable bonds is 4. The lowest BCUT2D eigenvalue weighted by Crippen LogP contribution is -2.38. The van der Waals surface area contributed by atoms with Gasteiger partial charge in [-0.25, -0.2) is 4.79 Å². The number of aliphatic hydroxyl groups is 1. The van der Waals surface area contributed by atoms with Crippen LogP contribution in [0.3, 0.4) is 0 Å². The Morgan fingerprint density at radius 1 is 1.32 bits per heavy atom. The van der Waals surface area contributed by atoms with Crippen LogP contribution in [0.15, 0.2) is 47.8 Å². The summed E-state index contributed by atoms with van der Waals surface area (Å²) in [4.78, 5) is 14.8. The molecule has 1 aromatic heterocycles. The van der Waals surface area contributed by atoms with Crippen LogP contribution in [0, 0.1) is 0 Å². The van der Waals surface area contributed by atoms with Gasteiger partial charge in [0.05, 0.1) is 0 Å². The molecule has 0 saturated carbocycles. The Kier molecular flexibility index (Phi) is 5.02. The minimum atomic E-state index is -0.670. The summed E-state index contributed by atoms with van der Waals surface area (Å²) in [6.45, 7) is 0.855. The first-order chi connectivity index (χ1) is 10.8. The molecule has 1 saturated heterocycles. The normalized spacial score (nSPS) is 19.1. The van der Waals surface area contributed by atoms with Gasteiger partial charge < -0.3 is 9.84 Å². The van der Waals surface area contributed by atoms with Crippen molar-refractivity contribution in [3.8, 4) is 0 Å². The number of carbonyl (C=O) groups excluding carboxylic acids is 1. The molecule has 1 aromatic carbocycles. The standard InChI is InChI=1S/C16H17NO3S2/c18-14(13-7-4-9-21-13)15-17(8-10-22-15)16(19)20-11-12-5-2-1-3-6-12/h1-7,9,14-15,18H,8,10-11H2/t14-,15-/m0/s1. The third kappa shape index (κ3) is 3.45. The minimum Gasteiger partial charge on any atom is -0.445 e. The Balaban J connectivity index is 1.61. The summed E-state index contributed by atoms with van der Waals surface area (Å²) in [6.07, 6.45) is -1.04. The van der Waals surface area contributed by atoms with E-state index in [1.165, 1.54) is 11.3 Å². The molecule has 0 unspecified atom stereocenters. The molecule has 0 radical (unpaired) electrons. The van der Waals surface area contributed by atoms with E-state index >= 15 is 0 Å². The van der Waals surface area contributed by atoms with Crippen molar-refractivity contribution in [3.63, 3.8) is 0 Å². The zero-order valence-electron chi connectivity index (χ0n) is 11.9. The SMILES string of the molecule is O=C(OCc1ccccc1)N1CCS[C@H]1[C@@H](O)c1cccs1. The van der Waals surface area contributed by atoms with Crippen molar-refractivity contribution in [2.24, 2.45) is 0 Å². The van der Waals surface area contributed by atoms with Crippen molar-refractivity contribution in [1.82, 2.24) is 4.90 Å². The summed E-state index contributed by atoms with van der Waals surface area (Å²) in [5.41, 5.74) is 0.957. The van der Waals surface area contributed by atoms with Crippen LogP contribution in [0.4, 0.5) is 4.79 Å². The number of nitrogens with zero attached hydrogens (tertiary/aromatic N) is 1. The summed E-state index contributed by atoms with van der Waals surface area (Å²) in [5.74, 6) is 0.813. The first kappa shape index (κ1) is 15.4. The van der Waals surface area contributed by atoms with E-state index in [1.807, 2.05) is 47.8 Å². The average molecular weight is 335 g/mol. The van der Waals surface area contributed by atoms with Crippen LogP contribution < -0.4 is 0 Å². The summed E-state index contributed by atoms with van der Waals surface area (Å²) < 4.78 is 5.38. The molecule has 0 bridgehead atoms. The molecule has 2 aromatic rings. The van der Waals surface area contributed by atoms with E-state index in [-0.39, 0.29) is 18.1 Å². The number of thiophene rings is 1. The molecule has 0 aliphatic carbocycles. The van der Waals surface area contributed by atoms with Crippen LogP contribution in [-0.2, 0) is 11.3 Å². The molecular formula is C16H17NO3S2. The maximum absolute atomic E-state index is 12.3. The molecule has 4 nitrogen and oxygen atoms in total. The van der Waals surface area contributed by atoms with Crippen molar-refractivity contribution in [2.45, 2.75) is 18.1 Å². The largest absolute Gasteiger partial charge is 0.445 e. The van der Waals surface area contributed by atoms with E-state index in [2.05, 4.69) is 0 Å². The lowest BCUT2D eigenvalue weighted by atomic mass is 10.2. The molecular weight excluding hydrogens is 318 g/mol. The fourth-order valence-electron chi connectivity index (χ4n) is 2.35. The maximum Gasteiger partial charge on any atom is 0.411 e. The Labute approximate surface area is 137 Å². The third-order valence-electron chi connectivity index (χ3n) is 3.47. The Morgan fingerprint density at radius 2 is 2.14 bits per heavy atom. The molecule has 1 aliphatic heterocycles. The summed E-state index contributed by atoms with van der Waals surface area (Å²) in [6, 6.07) is 13.4. The Morgan fingerprint density at radius 3 is 2.86 bits per heavy atom. The van der Waals surface area contributed by atoms with E-state index in [1.54, 1.807) is 16.7 Å². The topological polar surface area (TPSA) is 49.8 Å². The molecule has 0 spiro atoms. The lowest BCUT2D eigenvalue weighted by molar-refractivity contribution is 0.0665. The molecule has 1 amide bonds. The second-order valence-corrected chi connectivity index (χ2v) is 7.16. The molecule has 1 N–H and O–H groups in total. The van der Waals surface area contributed by atoms with Crippen molar-refractivity contribution >= 4 is 29.2 Å². The quantitative estimate of drug-likeness (QED) is 0.929. The van der Waals surface area contributed by atoms with Gasteiger partial charge in [-0.05, 0) is 17.0 Å². The third-order valence-corrected chi connectivity index (χ3v) is 5.69. The highest BCUT2D eigenvalue weighted by molar-refractivity contribution is 8.00. The van der Waals surface area contributed by atoms with Crippen molar-refractivity contribution in [2.75, 3.05) is 12.3 Å². The number of ether oxygens (including phenoxy) is 1. The Bertz CT molecular complexity index is 603. The lowest BCUT2D eigenvalue weighted by Gasteiger charge is -2.26. The number of hydrogen-bond donors (Lipinski definition) is 1. The van der Waals surface area contributed by atoms with E-state index in [9.17, 15) is 9.90 Å². The first-order valence-corrected chi connectivity index (χ1v) is 8.99. The van der Waals surface area contributed by atoms with Crippen LogP contribution in [0.25, 0.3) is 0 Å². The molecule has 6 heteroatoms. The van der Waals surface area contributed by atoms with Gasteiger partial charge in [0.15, 0.2) is 0 Å². The predicted octanol–water partition coefficient (Wildman–Crippen LogP) is 3.49. The van der Waals surface area contributed by atoms with E-state index in [0.29, 0.717) is 6.54 Å². The smallest absolute Gasteiger partial charge is 0.411 e. The van der Waals surface area contributed by atoms with Crippen molar-refractivity contribution in [1.29, 1.82) is 0 Å². The van der Waals surface area contributed by atoms with Gasteiger partial charge in [0.25, 0.3) is 0 Å². The van der Waals surface area contributed by atoms with Crippen molar-refractivity contribution in [3.05, 3.63) is 58.3 Å². The van der Waals surface area contributed by atoms with Crippen LogP contribution in [0.2, 0.25) is 0 Å². The van der Waals surface area contributed by atoms with Gasteiger partial charge in [0.2, 0.25) is 0 Å². The highest BCUT2D eigenvalue weighted by atomic mass is 32.2. The second kappa shape index (κ2) is 7.17. The molecule has 2 heterocycles. The van der Waals surface area contributed by atoms with E-state index in [4.69, 9.17) is 4.74 Å². The zero-order chi connectivity index (χ0) is 15.4. The molecule has 3 rings (SSSR count). The van der Waals surface area contributed by atoms with Gasteiger partial charge in [-0.2, -0.15) is 0 Å². The van der Waals surface area contributed by atoms with Gasteiger partial charge in [-0.3, -0.25) is 4.90 Å². The average Bonchev–Trinajstić information content (AvgIpc) is 3.24. The van der Waals surface area contributed by atoms with Gasteiger partial charge in [0, 0.05) is 17.2 Å². The summed E-state index contributed by atoms with van der Waals surface area (Å²) in [7, 11) is 0. The minimum absolute atomic E-state index is 0.253. The number of thioether (sulfide) groups is 1. The first-order valence-electron chi connectivity index (χ1n) is 7.06. The van der Waals surface area contributed by atoms with Crippen LogP contribution in [0.1, 0.15) is 16.5 Å². The number of aliphatic hydroxyl groups excluding tert-OH is 1. The van der Waals surface area contributed by atoms with Crippen LogP contribution in [-0.4, -0.2) is 33.8 Å². The molecule has 1 aliphatic rings. The van der Waals surface area contributed by atoms with Gasteiger partial charge in [-0.15, -0.1) is 23.1 Å². The highest BCUT2D eigenvalue weighted by Crippen LogP contribution is 2.36. The van der Waals surface area contributed by atoms with Gasteiger partial charge in [0.1, 0.15) is 18.1 Å². The molecule has 1 fully saturated rings. The summed E-state index contributed by atoms with van der Waals surface area (Å²) >= 11 is 3.09. The van der Waals surface area contributed by atoms with E-state index in [0.717, 1.165) is 16.2 Å². The van der Waals surface area contributed by atoms with Crippen LogP contribution >= 0.6 is 23.1 Å². The second-order valence-electron chi connectivity index (χ2n) is 4.96. The van der Waals surface area contributed by atoms with E-state index < -0.39 is 6.10 Å². The van der Waals surface area contributed by atoms with Gasteiger partial charge >= 0.3 is 6.09 Å². The molecule has 116 valence electrons. The summed E-state index contributed by atoms with van der Waals surface area (Å²) in [5, 5.41) is 12.1. The maximum atomic E-state index is 12.3.